The van der Waals surface area contributed by atoms with Gasteiger partial charge in [0.1, 0.15) is 11.9 Å². The average Bonchev–Trinajstić information content (AvgIpc) is 2.15. The zero-order valence-electron chi connectivity index (χ0n) is 7.88. The molecule has 0 aliphatic rings. The molecule has 1 aromatic rings. The lowest BCUT2D eigenvalue weighted by atomic mass is 10.0. The molecule has 0 fully saturated rings. The minimum Gasteiger partial charge on any atom is -0.368 e. The van der Waals surface area contributed by atoms with E-state index < -0.39 is 29.5 Å². The quantitative estimate of drug-likeness (QED) is 0.760. The second-order valence-electron chi connectivity index (χ2n) is 3.12. The Balaban J connectivity index is 3.23. The van der Waals surface area contributed by atoms with E-state index in [0.29, 0.717) is 12.1 Å². The van der Waals surface area contributed by atoms with Crippen LogP contribution < -0.4 is 11.5 Å². The summed E-state index contributed by atoms with van der Waals surface area (Å²) in [6.45, 7) is 0. The van der Waals surface area contributed by atoms with Gasteiger partial charge in [-0.05, 0) is 17.7 Å². The number of carbonyl (C=O) groups is 1. The van der Waals surface area contributed by atoms with Gasteiger partial charge >= 0.3 is 6.18 Å². The molecule has 0 spiro atoms. The molecular formula is C9H8F4N2O. The molecule has 16 heavy (non-hydrogen) atoms. The first-order chi connectivity index (χ1) is 7.23. The summed E-state index contributed by atoms with van der Waals surface area (Å²) >= 11 is 0. The van der Waals surface area contributed by atoms with E-state index in [9.17, 15) is 22.4 Å². The van der Waals surface area contributed by atoms with Crippen molar-refractivity contribution in [3.63, 3.8) is 0 Å². The standard InChI is InChI=1S/C9H8F4N2O/c10-6-2-1-4(7(14)8(15)16)3-5(6)9(11,12)13/h1-3,7H,14H2,(H2,15,16). The van der Waals surface area contributed by atoms with E-state index in [1.807, 2.05) is 0 Å². The van der Waals surface area contributed by atoms with Crippen LogP contribution in [0.4, 0.5) is 17.6 Å². The topological polar surface area (TPSA) is 69.1 Å². The Hall–Kier alpha value is -1.63. The van der Waals surface area contributed by atoms with Crippen molar-refractivity contribution >= 4 is 5.91 Å². The number of carbonyl (C=O) groups excluding carboxylic acids is 1. The van der Waals surface area contributed by atoms with Gasteiger partial charge in [0, 0.05) is 0 Å². The summed E-state index contributed by atoms with van der Waals surface area (Å²) in [5.41, 5.74) is 8.41. The molecule has 0 saturated heterocycles. The van der Waals surface area contributed by atoms with Crippen molar-refractivity contribution in [1.82, 2.24) is 0 Å². The predicted molar refractivity (Wildman–Crippen MR) is 47.5 cm³/mol. The van der Waals surface area contributed by atoms with Crippen molar-refractivity contribution in [2.75, 3.05) is 0 Å². The zero-order chi connectivity index (χ0) is 12.5. The summed E-state index contributed by atoms with van der Waals surface area (Å²) in [4.78, 5) is 10.7. The van der Waals surface area contributed by atoms with Crippen LogP contribution in [0.2, 0.25) is 0 Å². The number of hydrogen-bond donors (Lipinski definition) is 2. The molecule has 1 rings (SSSR count). The van der Waals surface area contributed by atoms with Crippen LogP contribution in [-0.2, 0) is 11.0 Å². The predicted octanol–water partition coefficient (Wildman–Crippen LogP) is 1.33. The van der Waals surface area contributed by atoms with Gasteiger partial charge in [0.15, 0.2) is 0 Å². The molecule has 3 nitrogen and oxygen atoms in total. The van der Waals surface area contributed by atoms with E-state index in [1.165, 1.54) is 0 Å². The second-order valence-corrected chi connectivity index (χ2v) is 3.12. The fourth-order valence-corrected chi connectivity index (χ4v) is 1.12. The van der Waals surface area contributed by atoms with Crippen LogP contribution in [0.1, 0.15) is 17.2 Å². The molecule has 0 aliphatic heterocycles. The number of benzene rings is 1. The second kappa shape index (κ2) is 4.09. The highest BCUT2D eigenvalue weighted by Gasteiger charge is 2.34. The maximum atomic E-state index is 12.9. The van der Waals surface area contributed by atoms with Crippen molar-refractivity contribution in [3.8, 4) is 0 Å². The number of primary amides is 1. The molecule has 1 unspecified atom stereocenters. The monoisotopic (exact) mass is 236 g/mol. The van der Waals surface area contributed by atoms with E-state index in [1.54, 1.807) is 0 Å². The van der Waals surface area contributed by atoms with Crippen molar-refractivity contribution in [2.24, 2.45) is 11.5 Å². The molecule has 1 aromatic carbocycles. The minimum absolute atomic E-state index is 0.179. The van der Waals surface area contributed by atoms with Gasteiger partial charge in [-0.2, -0.15) is 13.2 Å². The first-order valence-corrected chi connectivity index (χ1v) is 4.15. The number of halogens is 4. The largest absolute Gasteiger partial charge is 0.419 e. The summed E-state index contributed by atoms with van der Waals surface area (Å²) in [5.74, 6) is -2.41. The maximum Gasteiger partial charge on any atom is 0.419 e. The third-order valence-electron chi connectivity index (χ3n) is 1.96. The SMILES string of the molecule is NC(=O)C(N)c1ccc(F)c(C(F)(F)F)c1. The normalized spacial score (nSPS) is 13.6. The number of alkyl halides is 3. The van der Waals surface area contributed by atoms with E-state index >= 15 is 0 Å². The van der Waals surface area contributed by atoms with Gasteiger partial charge in [0.25, 0.3) is 0 Å². The molecular weight excluding hydrogens is 228 g/mol. The maximum absolute atomic E-state index is 12.9. The number of amides is 1. The smallest absolute Gasteiger partial charge is 0.368 e. The van der Waals surface area contributed by atoms with Gasteiger partial charge in [-0.3, -0.25) is 4.79 Å². The van der Waals surface area contributed by atoms with Crippen LogP contribution >= 0.6 is 0 Å². The van der Waals surface area contributed by atoms with Crippen LogP contribution in [-0.4, -0.2) is 5.91 Å². The minimum atomic E-state index is -4.84. The van der Waals surface area contributed by atoms with Gasteiger partial charge < -0.3 is 11.5 Å². The Morgan fingerprint density at radius 1 is 1.31 bits per heavy atom. The molecule has 0 heterocycles. The van der Waals surface area contributed by atoms with Gasteiger partial charge in [0.2, 0.25) is 5.91 Å². The zero-order valence-corrected chi connectivity index (χ0v) is 7.88. The molecule has 1 atom stereocenters. The molecule has 0 aromatic heterocycles. The Kier molecular flexibility index (Phi) is 3.18. The van der Waals surface area contributed by atoms with Gasteiger partial charge in [0.05, 0.1) is 5.56 Å². The number of rotatable bonds is 2. The molecule has 88 valence electrons. The molecule has 7 heteroatoms. The van der Waals surface area contributed by atoms with E-state index in [-0.39, 0.29) is 5.56 Å². The summed E-state index contributed by atoms with van der Waals surface area (Å²) in [5, 5.41) is 0. The highest BCUT2D eigenvalue weighted by atomic mass is 19.4. The van der Waals surface area contributed by atoms with Crippen molar-refractivity contribution in [2.45, 2.75) is 12.2 Å². The lowest BCUT2D eigenvalue weighted by Gasteiger charge is -2.12. The Bertz CT molecular complexity index is 416. The fraction of sp³-hybridized carbons (Fsp3) is 0.222. The van der Waals surface area contributed by atoms with Crippen LogP contribution in [0.25, 0.3) is 0 Å². The Morgan fingerprint density at radius 2 is 1.88 bits per heavy atom. The summed E-state index contributed by atoms with van der Waals surface area (Å²) in [6, 6.07) is 0.674. The lowest BCUT2D eigenvalue weighted by Crippen LogP contribution is -2.28. The average molecular weight is 236 g/mol. The van der Waals surface area contributed by atoms with Crippen molar-refractivity contribution in [3.05, 3.63) is 35.1 Å². The van der Waals surface area contributed by atoms with Crippen molar-refractivity contribution < 1.29 is 22.4 Å². The Morgan fingerprint density at radius 3 is 2.31 bits per heavy atom. The third-order valence-corrected chi connectivity index (χ3v) is 1.96. The van der Waals surface area contributed by atoms with E-state index in [0.717, 1.165) is 6.07 Å². The molecule has 0 bridgehead atoms. The highest BCUT2D eigenvalue weighted by Crippen LogP contribution is 2.32. The highest BCUT2D eigenvalue weighted by molar-refractivity contribution is 5.81. The third kappa shape index (κ3) is 2.48. The van der Waals surface area contributed by atoms with Crippen LogP contribution in [0.5, 0.6) is 0 Å². The van der Waals surface area contributed by atoms with Crippen LogP contribution in [0.15, 0.2) is 18.2 Å². The van der Waals surface area contributed by atoms with Crippen LogP contribution in [0.3, 0.4) is 0 Å². The van der Waals surface area contributed by atoms with Crippen LogP contribution in [0, 0.1) is 5.82 Å². The molecule has 0 saturated carbocycles. The number of nitrogens with two attached hydrogens (primary N) is 2. The molecule has 1 amide bonds. The summed E-state index contributed by atoms with van der Waals surface area (Å²) < 4.78 is 49.7. The molecule has 0 aliphatic carbocycles. The lowest BCUT2D eigenvalue weighted by molar-refractivity contribution is -0.140. The van der Waals surface area contributed by atoms with Gasteiger partial charge in [-0.1, -0.05) is 6.07 Å². The summed E-state index contributed by atoms with van der Waals surface area (Å²) in [6.07, 6.45) is -4.84. The summed E-state index contributed by atoms with van der Waals surface area (Å²) in [7, 11) is 0. The van der Waals surface area contributed by atoms with E-state index in [2.05, 4.69) is 0 Å². The van der Waals surface area contributed by atoms with Gasteiger partial charge in [-0.15, -0.1) is 0 Å². The van der Waals surface area contributed by atoms with E-state index in [4.69, 9.17) is 11.5 Å². The first kappa shape index (κ1) is 12.4. The Labute approximate surface area is 88.0 Å². The number of hydrogen-bond acceptors (Lipinski definition) is 2. The van der Waals surface area contributed by atoms with Crippen molar-refractivity contribution in [1.29, 1.82) is 0 Å². The molecule has 0 radical (unpaired) electrons. The fourth-order valence-electron chi connectivity index (χ4n) is 1.12. The van der Waals surface area contributed by atoms with Gasteiger partial charge in [-0.25, -0.2) is 4.39 Å². The first-order valence-electron chi connectivity index (χ1n) is 4.15. The molecule has 4 N–H and O–H groups in total.